The molecule has 0 atom stereocenters. The summed E-state index contributed by atoms with van der Waals surface area (Å²) in [5.74, 6) is -0.0408. The summed E-state index contributed by atoms with van der Waals surface area (Å²) in [5, 5.41) is 6.75. The Morgan fingerprint density at radius 2 is 2.62 bits per heavy atom. The Labute approximate surface area is 73.5 Å². The molecule has 0 aliphatic rings. The number of aromatic nitrogens is 2. The van der Waals surface area contributed by atoms with E-state index in [-0.39, 0.29) is 17.6 Å². The molecule has 69 valence electrons. The van der Waals surface area contributed by atoms with Crippen LogP contribution in [0.5, 0.6) is 0 Å². The van der Waals surface area contributed by atoms with Gasteiger partial charge in [-0.05, 0) is 6.92 Å². The number of carbonyl (C=O) groups excluding carboxylic acids is 1. The van der Waals surface area contributed by atoms with Crippen LogP contribution in [0.15, 0.2) is 9.68 Å². The lowest BCUT2D eigenvalue weighted by molar-refractivity contribution is 0.159. The monoisotopic (exact) mass is 183 g/mol. The van der Waals surface area contributed by atoms with Crippen molar-refractivity contribution >= 4 is 18.0 Å². The molecule has 0 bridgehead atoms. The van der Waals surface area contributed by atoms with Crippen molar-refractivity contribution < 1.29 is 14.2 Å². The lowest BCUT2D eigenvalue weighted by Gasteiger charge is -1.91. The summed E-state index contributed by atoms with van der Waals surface area (Å²) in [4.78, 5) is 18.5. The molecule has 0 saturated carbocycles. The average Bonchev–Trinajstić information content (AvgIpc) is 2.54. The SMILES string of the molecule is CCO/N=C(\[C]=O)c1noc(N)n1. The first kappa shape index (κ1) is 9.17. The molecule has 0 aromatic carbocycles. The van der Waals surface area contributed by atoms with Crippen molar-refractivity contribution in [3.05, 3.63) is 5.82 Å². The van der Waals surface area contributed by atoms with Crippen LogP contribution in [0, 0.1) is 0 Å². The van der Waals surface area contributed by atoms with Gasteiger partial charge in [-0.25, -0.2) is 0 Å². The number of nitrogens with two attached hydrogens (primary N) is 1. The molecule has 0 spiro atoms. The number of oxime groups is 1. The lowest BCUT2D eigenvalue weighted by Crippen LogP contribution is -2.06. The summed E-state index contributed by atoms with van der Waals surface area (Å²) in [7, 11) is 0. The fourth-order valence-electron chi connectivity index (χ4n) is 0.566. The van der Waals surface area contributed by atoms with Crippen molar-refractivity contribution in [2.75, 3.05) is 12.3 Å². The normalized spacial score (nSPS) is 11.3. The van der Waals surface area contributed by atoms with Gasteiger partial charge in [-0.3, -0.25) is 4.79 Å². The van der Waals surface area contributed by atoms with Gasteiger partial charge in [0.05, 0.1) is 0 Å². The Hall–Kier alpha value is -1.92. The van der Waals surface area contributed by atoms with E-state index in [1.165, 1.54) is 6.29 Å². The molecule has 2 N–H and O–H groups in total. The van der Waals surface area contributed by atoms with Crippen LogP contribution in [-0.2, 0) is 9.63 Å². The fourth-order valence-corrected chi connectivity index (χ4v) is 0.566. The second-order valence-electron chi connectivity index (χ2n) is 1.92. The third kappa shape index (κ3) is 2.26. The molecule has 1 rings (SSSR count). The Morgan fingerprint density at radius 1 is 1.85 bits per heavy atom. The Bertz CT molecular complexity index is 319. The van der Waals surface area contributed by atoms with E-state index < -0.39 is 0 Å². The predicted octanol–water partition coefficient (Wildman–Crippen LogP) is -0.498. The Morgan fingerprint density at radius 3 is 3.08 bits per heavy atom. The van der Waals surface area contributed by atoms with Gasteiger partial charge < -0.3 is 15.1 Å². The van der Waals surface area contributed by atoms with Crippen molar-refractivity contribution in [2.45, 2.75) is 6.92 Å². The van der Waals surface area contributed by atoms with Gasteiger partial charge in [0, 0.05) is 0 Å². The van der Waals surface area contributed by atoms with Gasteiger partial charge in [0.25, 0.3) is 6.29 Å². The van der Waals surface area contributed by atoms with Crippen LogP contribution in [0.3, 0.4) is 0 Å². The Kier molecular flexibility index (Phi) is 2.96. The van der Waals surface area contributed by atoms with E-state index >= 15 is 0 Å². The van der Waals surface area contributed by atoms with Crippen LogP contribution in [-0.4, -0.2) is 28.7 Å². The molecule has 13 heavy (non-hydrogen) atoms. The highest BCUT2D eigenvalue weighted by Gasteiger charge is 2.11. The number of anilines is 1. The highest BCUT2D eigenvalue weighted by atomic mass is 16.6. The van der Waals surface area contributed by atoms with Gasteiger partial charge in [0.1, 0.15) is 6.61 Å². The molecule has 1 aromatic heterocycles. The van der Waals surface area contributed by atoms with Crippen molar-refractivity contribution in [3.8, 4) is 0 Å². The van der Waals surface area contributed by atoms with Gasteiger partial charge in [-0.1, -0.05) is 10.3 Å². The fraction of sp³-hybridized carbons (Fsp3) is 0.333. The summed E-state index contributed by atoms with van der Waals surface area (Å²) in [6.07, 6.45) is 1.50. The quantitative estimate of drug-likeness (QED) is 0.498. The van der Waals surface area contributed by atoms with Crippen molar-refractivity contribution in [1.82, 2.24) is 10.1 Å². The Balaban J connectivity index is 2.84. The summed E-state index contributed by atoms with van der Waals surface area (Å²) >= 11 is 0. The predicted molar refractivity (Wildman–Crippen MR) is 42.6 cm³/mol. The molecule has 7 nitrogen and oxygen atoms in total. The van der Waals surface area contributed by atoms with E-state index in [9.17, 15) is 4.79 Å². The van der Waals surface area contributed by atoms with Gasteiger partial charge in [-0.15, -0.1) is 0 Å². The van der Waals surface area contributed by atoms with Gasteiger partial charge in [-0.2, -0.15) is 4.98 Å². The van der Waals surface area contributed by atoms with E-state index in [4.69, 9.17) is 5.73 Å². The van der Waals surface area contributed by atoms with E-state index in [1.807, 2.05) is 0 Å². The maximum atomic E-state index is 10.3. The average molecular weight is 183 g/mol. The first-order valence-corrected chi connectivity index (χ1v) is 3.45. The summed E-state index contributed by atoms with van der Waals surface area (Å²) in [6.45, 7) is 2.05. The number of rotatable bonds is 4. The minimum Gasteiger partial charge on any atom is -0.395 e. The zero-order valence-corrected chi connectivity index (χ0v) is 6.85. The highest BCUT2D eigenvalue weighted by Crippen LogP contribution is 1.98. The van der Waals surface area contributed by atoms with Crippen LogP contribution < -0.4 is 5.73 Å². The molecule has 0 aliphatic heterocycles. The van der Waals surface area contributed by atoms with Crippen molar-refractivity contribution in [2.24, 2.45) is 5.16 Å². The van der Waals surface area contributed by atoms with Crippen molar-refractivity contribution in [3.63, 3.8) is 0 Å². The summed E-state index contributed by atoms with van der Waals surface area (Å²) < 4.78 is 4.43. The van der Waals surface area contributed by atoms with Crippen LogP contribution in [0.2, 0.25) is 0 Å². The number of hydrogen-bond acceptors (Lipinski definition) is 7. The zero-order valence-electron chi connectivity index (χ0n) is 6.85. The maximum Gasteiger partial charge on any atom is 0.319 e. The smallest absolute Gasteiger partial charge is 0.319 e. The number of hydrogen-bond donors (Lipinski definition) is 1. The van der Waals surface area contributed by atoms with E-state index in [0.717, 1.165) is 0 Å². The molecule has 1 heterocycles. The highest BCUT2D eigenvalue weighted by molar-refractivity contribution is 6.35. The van der Waals surface area contributed by atoms with Gasteiger partial charge >= 0.3 is 6.01 Å². The molecule has 7 heteroatoms. The molecule has 1 aromatic rings. The second-order valence-corrected chi connectivity index (χ2v) is 1.92. The van der Waals surface area contributed by atoms with Crippen molar-refractivity contribution in [1.29, 1.82) is 0 Å². The zero-order chi connectivity index (χ0) is 9.68. The summed E-state index contributed by atoms with van der Waals surface area (Å²) in [6, 6.07) is -0.144. The van der Waals surface area contributed by atoms with Crippen LogP contribution in [0.4, 0.5) is 6.01 Å². The molecule has 0 unspecified atom stereocenters. The van der Waals surface area contributed by atoms with Crippen LogP contribution >= 0.6 is 0 Å². The van der Waals surface area contributed by atoms with Gasteiger partial charge in [0.2, 0.25) is 11.5 Å². The maximum absolute atomic E-state index is 10.3. The van der Waals surface area contributed by atoms with Crippen LogP contribution in [0.25, 0.3) is 0 Å². The first-order valence-electron chi connectivity index (χ1n) is 3.45. The number of nitrogens with zero attached hydrogens (tertiary/aromatic N) is 3. The molecule has 1 radical (unpaired) electrons. The molecule has 0 saturated heterocycles. The van der Waals surface area contributed by atoms with E-state index in [0.29, 0.717) is 6.61 Å². The summed E-state index contributed by atoms with van der Waals surface area (Å²) in [5.41, 5.74) is 4.96. The minimum atomic E-state index is -0.178. The molecular formula is C6H7N4O3. The molecular weight excluding hydrogens is 176 g/mol. The third-order valence-corrected chi connectivity index (χ3v) is 1.04. The first-order chi connectivity index (χ1) is 6.27. The lowest BCUT2D eigenvalue weighted by atomic mass is 10.4. The van der Waals surface area contributed by atoms with Crippen LogP contribution in [0.1, 0.15) is 12.7 Å². The van der Waals surface area contributed by atoms with E-state index in [2.05, 4.69) is 24.7 Å². The topological polar surface area (TPSA) is 104 Å². The third-order valence-electron chi connectivity index (χ3n) is 1.04. The molecule has 0 fully saturated rings. The minimum absolute atomic E-state index is 0.0408. The van der Waals surface area contributed by atoms with E-state index in [1.54, 1.807) is 6.92 Å². The second kappa shape index (κ2) is 4.19. The molecule has 0 amide bonds. The largest absolute Gasteiger partial charge is 0.395 e. The molecule has 0 aliphatic carbocycles. The van der Waals surface area contributed by atoms with Gasteiger partial charge in [0.15, 0.2) is 0 Å². The number of nitrogen functional groups attached to an aromatic ring is 1. The standard InChI is InChI=1S/C6H7N4O3/c1-2-12-9-4(3-11)5-8-6(7)13-10-5/h2H2,1H3,(H2,7,8,10)/b9-4+.